The van der Waals surface area contributed by atoms with Crippen LogP contribution in [0.4, 0.5) is 0 Å². The first-order valence-corrected chi connectivity index (χ1v) is 11.6. The number of aromatic amines is 1. The van der Waals surface area contributed by atoms with Gasteiger partial charge in [-0.25, -0.2) is 5.10 Å². The average Bonchev–Trinajstić information content (AvgIpc) is 3.28. The summed E-state index contributed by atoms with van der Waals surface area (Å²) < 4.78 is 12.2. The molecule has 166 valence electrons. The Morgan fingerprint density at radius 1 is 1.09 bits per heavy atom. The molecule has 0 spiro atoms. The molecule has 1 unspecified atom stereocenters. The van der Waals surface area contributed by atoms with Crippen molar-refractivity contribution in [1.29, 1.82) is 0 Å². The maximum Gasteiger partial charge on any atom is 0.272 e. The molecule has 0 aliphatic carbocycles. The summed E-state index contributed by atoms with van der Waals surface area (Å²) in [7, 11) is 1.59. The fourth-order valence-electron chi connectivity index (χ4n) is 3.93. The van der Waals surface area contributed by atoms with Gasteiger partial charge in [-0.05, 0) is 36.2 Å². The number of nitrogens with one attached hydrogen (secondary N) is 1. The van der Waals surface area contributed by atoms with Crippen molar-refractivity contribution in [3.8, 4) is 28.1 Å². The third-order valence-corrected chi connectivity index (χ3v) is 6.98. The molecule has 3 heterocycles. The van der Waals surface area contributed by atoms with E-state index in [1.165, 1.54) is 11.3 Å². The minimum absolute atomic E-state index is 0.0145. The van der Waals surface area contributed by atoms with E-state index in [1.54, 1.807) is 25.3 Å². The van der Waals surface area contributed by atoms with Crippen LogP contribution in [0, 0.1) is 0 Å². The van der Waals surface area contributed by atoms with Crippen LogP contribution in [0.25, 0.3) is 43.4 Å². The number of H-pyrrole nitrogens is 1. The lowest BCUT2D eigenvalue weighted by Crippen LogP contribution is -2.09. The fraction of sp³-hybridized carbons (Fsp3) is 0.192. The van der Waals surface area contributed by atoms with Crippen LogP contribution in [0.5, 0.6) is 5.75 Å². The van der Waals surface area contributed by atoms with E-state index < -0.39 is 0 Å². The molecule has 0 bridgehead atoms. The molecular formula is C26H22N2O4S. The summed E-state index contributed by atoms with van der Waals surface area (Å²) in [5, 5.41) is 10.1. The number of benzene rings is 2. The second kappa shape index (κ2) is 8.33. The largest absolute Gasteiger partial charge is 0.497 e. The van der Waals surface area contributed by atoms with Crippen LogP contribution in [0.1, 0.15) is 31.9 Å². The van der Waals surface area contributed by atoms with Gasteiger partial charge in [-0.3, -0.25) is 9.59 Å². The van der Waals surface area contributed by atoms with E-state index in [9.17, 15) is 9.59 Å². The maximum absolute atomic E-state index is 12.7. The van der Waals surface area contributed by atoms with Gasteiger partial charge in [-0.2, -0.15) is 5.10 Å². The van der Waals surface area contributed by atoms with Gasteiger partial charge in [0.15, 0.2) is 5.58 Å². The number of methoxy groups -OCH3 is 1. The standard InChI is InChI=1S/C26H22N2O4S/c1-4-14(2)22-12-21(29)25-24(32-22)20(13-33-25)15-6-5-7-16(10-15)23-19-11-17(31-3)8-9-18(19)26(30)28-27-23/h5-14H,4H2,1-3H3,(H,28,30). The normalized spacial score (nSPS) is 12.3. The Balaban J connectivity index is 1.70. The predicted octanol–water partition coefficient (Wildman–Crippen LogP) is 5.95. The zero-order valence-electron chi connectivity index (χ0n) is 18.5. The number of hydrogen-bond acceptors (Lipinski definition) is 6. The molecule has 0 aliphatic rings. The molecule has 33 heavy (non-hydrogen) atoms. The molecular weight excluding hydrogens is 436 g/mol. The van der Waals surface area contributed by atoms with Crippen LogP contribution in [-0.2, 0) is 0 Å². The van der Waals surface area contributed by atoms with Crippen LogP contribution in [0.15, 0.2) is 67.9 Å². The van der Waals surface area contributed by atoms with E-state index in [4.69, 9.17) is 9.15 Å². The molecule has 7 heteroatoms. The Labute approximate surface area is 193 Å². The van der Waals surface area contributed by atoms with Gasteiger partial charge in [0, 0.05) is 33.9 Å². The summed E-state index contributed by atoms with van der Waals surface area (Å²) in [6.07, 6.45) is 0.887. The topological polar surface area (TPSA) is 85.2 Å². The summed E-state index contributed by atoms with van der Waals surface area (Å²) in [6, 6.07) is 14.8. The van der Waals surface area contributed by atoms with Gasteiger partial charge in [-0.1, -0.05) is 32.0 Å². The molecule has 1 N–H and O–H groups in total. The molecule has 6 nitrogen and oxygen atoms in total. The zero-order chi connectivity index (χ0) is 23.1. The highest BCUT2D eigenvalue weighted by Gasteiger charge is 2.17. The molecule has 5 rings (SSSR count). The van der Waals surface area contributed by atoms with E-state index in [0.717, 1.165) is 23.1 Å². The first kappa shape index (κ1) is 21.2. The summed E-state index contributed by atoms with van der Waals surface area (Å²) in [6.45, 7) is 4.13. The van der Waals surface area contributed by atoms with Crippen molar-refractivity contribution in [2.24, 2.45) is 0 Å². The van der Waals surface area contributed by atoms with Crippen molar-refractivity contribution in [2.75, 3.05) is 7.11 Å². The molecule has 0 aliphatic heterocycles. The molecule has 5 aromatic rings. The summed E-state index contributed by atoms with van der Waals surface area (Å²) in [5.41, 5.74) is 3.60. The Morgan fingerprint density at radius 2 is 1.91 bits per heavy atom. The van der Waals surface area contributed by atoms with Crippen molar-refractivity contribution in [2.45, 2.75) is 26.2 Å². The molecule has 0 amide bonds. The molecule has 1 atom stereocenters. The minimum Gasteiger partial charge on any atom is -0.497 e. The number of hydrogen-bond donors (Lipinski definition) is 1. The van der Waals surface area contributed by atoms with Gasteiger partial charge in [0.1, 0.15) is 16.2 Å². The van der Waals surface area contributed by atoms with E-state index in [2.05, 4.69) is 24.0 Å². The second-order valence-electron chi connectivity index (χ2n) is 8.02. The second-order valence-corrected chi connectivity index (χ2v) is 8.90. The third kappa shape index (κ3) is 3.64. The van der Waals surface area contributed by atoms with Crippen molar-refractivity contribution in [3.05, 3.63) is 80.2 Å². The lowest BCUT2D eigenvalue weighted by molar-refractivity contribution is 0.415. The lowest BCUT2D eigenvalue weighted by atomic mass is 10.00. The number of aromatic nitrogens is 2. The number of rotatable bonds is 5. The first-order chi connectivity index (χ1) is 16.0. The summed E-state index contributed by atoms with van der Waals surface area (Å²) in [5.74, 6) is 1.51. The molecule has 2 aromatic carbocycles. The molecule has 0 saturated carbocycles. The van der Waals surface area contributed by atoms with Gasteiger partial charge in [-0.15, -0.1) is 11.3 Å². The molecule has 0 fully saturated rings. The van der Waals surface area contributed by atoms with Crippen LogP contribution in [0.2, 0.25) is 0 Å². The first-order valence-electron chi connectivity index (χ1n) is 10.7. The van der Waals surface area contributed by atoms with Gasteiger partial charge < -0.3 is 9.15 Å². The summed E-state index contributed by atoms with van der Waals surface area (Å²) in [4.78, 5) is 25.0. The maximum atomic E-state index is 12.7. The van der Waals surface area contributed by atoms with Gasteiger partial charge in [0.25, 0.3) is 5.56 Å². The van der Waals surface area contributed by atoms with Crippen LogP contribution < -0.4 is 15.7 Å². The molecule has 0 saturated heterocycles. The number of fused-ring (bicyclic) bond motifs is 2. The number of ether oxygens (including phenoxy) is 1. The molecule has 0 radical (unpaired) electrons. The monoisotopic (exact) mass is 458 g/mol. The van der Waals surface area contributed by atoms with E-state index in [-0.39, 0.29) is 16.9 Å². The molecule has 3 aromatic heterocycles. The van der Waals surface area contributed by atoms with Crippen molar-refractivity contribution in [3.63, 3.8) is 0 Å². The highest BCUT2D eigenvalue weighted by Crippen LogP contribution is 2.36. The van der Waals surface area contributed by atoms with E-state index in [1.807, 2.05) is 35.7 Å². The fourth-order valence-corrected chi connectivity index (χ4v) is 4.84. The van der Waals surface area contributed by atoms with Crippen molar-refractivity contribution in [1.82, 2.24) is 10.2 Å². The van der Waals surface area contributed by atoms with Gasteiger partial charge in [0.05, 0.1) is 18.2 Å². The Morgan fingerprint density at radius 3 is 2.70 bits per heavy atom. The van der Waals surface area contributed by atoms with Crippen LogP contribution >= 0.6 is 11.3 Å². The average molecular weight is 459 g/mol. The van der Waals surface area contributed by atoms with Crippen LogP contribution in [-0.4, -0.2) is 17.3 Å². The zero-order valence-corrected chi connectivity index (χ0v) is 19.3. The number of nitrogens with zero attached hydrogens (tertiary/aromatic N) is 1. The minimum atomic E-state index is -0.254. The van der Waals surface area contributed by atoms with E-state index >= 15 is 0 Å². The smallest absolute Gasteiger partial charge is 0.272 e. The Kier molecular flexibility index (Phi) is 5.34. The Hall–Kier alpha value is -3.71. The van der Waals surface area contributed by atoms with Crippen molar-refractivity contribution >= 4 is 32.4 Å². The van der Waals surface area contributed by atoms with Gasteiger partial charge in [0.2, 0.25) is 5.43 Å². The predicted molar refractivity (Wildman–Crippen MR) is 132 cm³/mol. The third-order valence-electron chi connectivity index (χ3n) is 6.00. The SMILES string of the molecule is CCC(C)c1cc(=O)c2scc(-c3cccc(-c4n[nH]c(=O)c5ccc(OC)cc45)c3)c2o1. The van der Waals surface area contributed by atoms with E-state index in [0.29, 0.717) is 38.3 Å². The Bertz CT molecular complexity index is 1610. The summed E-state index contributed by atoms with van der Waals surface area (Å²) >= 11 is 1.39. The number of thiophene rings is 1. The highest BCUT2D eigenvalue weighted by atomic mass is 32.1. The quantitative estimate of drug-likeness (QED) is 0.352. The van der Waals surface area contributed by atoms with Crippen molar-refractivity contribution < 1.29 is 9.15 Å². The van der Waals surface area contributed by atoms with Gasteiger partial charge >= 0.3 is 0 Å². The van der Waals surface area contributed by atoms with Crippen LogP contribution in [0.3, 0.4) is 0 Å². The lowest BCUT2D eigenvalue weighted by Gasteiger charge is -2.10. The highest BCUT2D eigenvalue weighted by molar-refractivity contribution is 7.17.